The summed E-state index contributed by atoms with van der Waals surface area (Å²) in [7, 11) is 0. The number of unbranched alkanes of at least 4 members (excludes halogenated alkanes) is 42. The SMILES string of the molecule is CCCCCCCCCCCCCCCCCC/C=C/CCCC(O)C(O)C(CO)NC(=O)CCCCCCCCCCCCCCCCCCCCCCCCCCCC. The van der Waals surface area contributed by atoms with Gasteiger partial charge in [-0.05, 0) is 38.5 Å². The fourth-order valence-electron chi connectivity index (χ4n) is 9.05. The van der Waals surface area contributed by atoms with E-state index in [2.05, 4.69) is 31.3 Å². The van der Waals surface area contributed by atoms with Crippen molar-refractivity contribution in [2.75, 3.05) is 6.61 Å². The number of carbonyl (C=O) groups is 1. The minimum Gasteiger partial charge on any atom is -0.394 e. The van der Waals surface area contributed by atoms with E-state index in [9.17, 15) is 20.1 Å². The van der Waals surface area contributed by atoms with Gasteiger partial charge in [-0.2, -0.15) is 0 Å². The first kappa shape index (κ1) is 60.1. The summed E-state index contributed by atoms with van der Waals surface area (Å²) >= 11 is 0. The Morgan fingerprint density at radius 2 is 0.656 bits per heavy atom. The fraction of sp³-hybridized carbons (Fsp3) is 0.946. The van der Waals surface area contributed by atoms with E-state index >= 15 is 0 Å². The topological polar surface area (TPSA) is 89.8 Å². The molecule has 0 radical (unpaired) electrons. The Labute approximate surface area is 382 Å². The summed E-state index contributed by atoms with van der Waals surface area (Å²) in [5.41, 5.74) is 0. The molecule has 0 saturated heterocycles. The normalized spacial score (nSPS) is 13.3. The van der Waals surface area contributed by atoms with E-state index < -0.39 is 18.2 Å². The molecule has 0 rings (SSSR count). The zero-order valence-electron chi connectivity index (χ0n) is 41.6. The molecule has 0 heterocycles. The van der Waals surface area contributed by atoms with Crippen LogP contribution in [0.1, 0.15) is 316 Å². The Bertz CT molecular complexity index is 864. The van der Waals surface area contributed by atoms with Crippen LogP contribution in [0, 0.1) is 0 Å². The second-order valence-corrected chi connectivity index (χ2v) is 19.5. The smallest absolute Gasteiger partial charge is 0.220 e. The molecule has 0 spiro atoms. The van der Waals surface area contributed by atoms with Gasteiger partial charge in [0.2, 0.25) is 5.91 Å². The number of aliphatic hydroxyl groups excluding tert-OH is 3. The Morgan fingerprint density at radius 3 is 0.951 bits per heavy atom. The Hall–Kier alpha value is -0.910. The van der Waals surface area contributed by atoms with Crippen LogP contribution in [0.25, 0.3) is 0 Å². The molecule has 0 aromatic rings. The maximum Gasteiger partial charge on any atom is 0.220 e. The third-order valence-corrected chi connectivity index (χ3v) is 13.4. The molecule has 0 aliphatic rings. The van der Waals surface area contributed by atoms with Gasteiger partial charge in [-0.1, -0.05) is 283 Å². The summed E-state index contributed by atoms with van der Waals surface area (Å²) < 4.78 is 0. The molecular formula is C56H111NO4. The van der Waals surface area contributed by atoms with Gasteiger partial charge in [0.05, 0.1) is 18.8 Å². The monoisotopic (exact) mass is 862 g/mol. The lowest BCUT2D eigenvalue weighted by atomic mass is 10.0. The van der Waals surface area contributed by atoms with Crippen molar-refractivity contribution in [3.63, 3.8) is 0 Å². The van der Waals surface area contributed by atoms with Gasteiger partial charge in [0.15, 0.2) is 0 Å². The van der Waals surface area contributed by atoms with Crippen LogP contribution in [0.4, 0.5) is 0 Å². The number of amides is 1. The van der Waals surface area contributed by atoms with Crippen LogP contribution in [0.3, 0.4) is 0 Å². The van der Waals surface area contributed by atoms with Gasteiger partial charge in [0.25, 0.3) is 0 Å². The number of hydrogen-bond acceptors (Lipinski definition) is 4. The van der Waals surface area contributed by atoms with E-state index in [0.29, 0.717) is 12.8 Å². The van der Waals surface area contributed by atoms with Crippen molar-refractivity contribution in [2.24, 2.45) is 0 Å². The standard InChI is InChI=1S/C56H111NO4/c1-3-5-7-9-11-13-15-17-19-21-23-25-26-27-28-29-31-33-35-37-39-41-43-45-47-49-51-55(60)57-53(52-58)56(61)54(59)50-48-46-44-42-40-38-36-34-32-30-24-22-20-18-16-14-12-10-8-6-4-2/h42,44,53-54,56,58-59,61H,3-41,43,45-52H2,1-2H3,(H,57,60)/b44-42+. The molecule has 3 unspecified atom stereocenters. The lowest BCUT2D eigenvalue weighted by Gasteiger charge is -2.26. The number of allylic oxidation sites excluding steroid dienone is 2. The van der Waals surface area contributed by atoms with Crippen molar-refractivity contribution in [3.05, 3.63) is 12.2 Å². The summed E-state index contributed by atoms with van der Waals surface area (Å²) in [6, 6.07) is -0.822. The third kappa shape index (κ3) is 46.9. The predicted molar refractivity (Wildman–Crippen MR) is 269 cm³/mol. The van der Waals surface area contributed by atoms with Crippen molar-refractivity contribution < 1.29 is 20.1 Å². The summed E-state index contributed by atoms with van der Waals surface area (Å²) in [5.74, 6) is -0.147. The lowest BCUT2D eigenvalue weighted by Crippen LogP contribution is -2.50. The molecule has 1 amide bonds. The van der Waals surface area contributed by atoms with Crippen LogP contribution in [0.15, 0.2) is 12.2 Å². The van der Waals surface area contributed by atoms with Crippen LogP contribution in [-0.2, 0) is 4.79 Å². The number of aliphatic hydroxyl groups is 3. The van der Waals surface area contributed by atoms with E-state index in [1.54, 1.807) is 0 Å². The van der Waals surface area contributed by atoms with Crippen LogP contribution < -0.4 is 5.32 Å². The zero-order valence-corrected chi connectivity index (χ0v) is 41.6. The molecule has 4 N–H and O–H groups in total. The Morgan fingerprint density at radius 1 is 0.393 bits per heavy atom. The molecule has 5 heteroatoms. The van der Waals surface area contributed by atoms with Gasteiger partial charge in [0, 0.05) is 6.42 Å². The van der Waals surface area contributed by atoms with E-state index in [1.165, 1.54) is 250 Å². The highest BCUT2D eigenvalue weighted by atomic mass is 16.3. The molecule has 3 atom stereocenters. The van der Waals surface area contributed by atoms with Crippen molar-refractivity contribution in [2.45, 2.75) is 334 Å². The van der Waals surface area contributed by atoms with Crippen LogP contribution in [0.5, 0.6) is 0 Å². The Balaban J connectivity index is 3.53. The molecule has 0 saturated carbocycles. The second-order valence-electron chi connectivity index (χ2n) is 19.5. The molecule has 0 bridgehead atoms. The van der Waals surface area contributed by atoms with Crippen molar-refractivity contribution in [1.82, 2.24) is 5.32 Å². The molecule has 5 nitrogen and oxygen atoms in total. The molecule has 0 fully saturated rings. The first-order valence-corrected chi connectivity index (χ1v) is 28.0. The first-order valence-electron chi connectivity index (χ1n) is 28.0. The zero-order chi connectivity index (χ0) is 44.4. The molecule has 0 aromatic carbocycles. The minimum atomic E-state index is -1.16. The summed E-state index contributed by atoms with van der Waals surface area (Å²) in [6.45, 7) is 4.21. The number of nitrogens with one attached hydrogen (secondary N) is 1. The maximum atomic E-state index is 12.5. The highest BCUT2D eigenvalue weighted by molar-refractivity contribution is 5.76. The predicted octanol–water partition coefficient (Wildman–Crippen LogP) is 17.1. The summed E-state index contributed by atoms with van der Waals surface area (Å²) in [5, 5.41) is 33.7. The third-order valence-electron chi connectivity index (χ3n) is 13.4. The lowest BCUT2D eigenvalue weighted by molar-refractivity contribution is -0.124. The molecular weight excluding hydrogens is 751 g/mol. The largest absolute Gasteiger partial charge is 0.394 e. The van der Waals surface area contributed by atoms with Gasteiger partial charge in [-0.3, -0.25) is 4.79 Å². The molecule has 0 aliphatic heterocycles. The van der Waals surface area contributed by atoms with Gasteiger partial charge in [0.1, 0.15) is 6.10 Å². The average Bonchev–Trinajstić information content (AvgIpc) is 3.26. The van der Waals surface area contributed by atoms with Crippen LogP contribution in [0.2, 0.25) is 0 Å². The van der Waals surface area contributed by atoms with E-state index in [4.69, 9.17) is 0 Å². The molecule has 364 valence electrons. The van der Waals surface area contributed by atoms with Gasteiger partial charge in [-0.25, -0.2) is 0 Å². The molecule has 0 aromatic heterocycles. The van der Waals surface area contributed by atoms with Gasteiger partial charge >= 0.3 is 0 Å². The van der Waals surface area contributed by atoms with Crippen LogP contribution in [-0.4, -0.2) is 46.1 Å². The van der Waals surface area contributed by atoms with Crippen molar-refractivity contribution >= 4 is 5.91 Å². The second kappa shape index (κ2) is 51.7. The quantitative estimate of drug-likeness (QED) is 0.0362. The van der Waals surface area contributed by atoms with Crippen molar-refractivity contribution in [3.8, 4) is 0 Å². The van der Waals surface area contributed by atoms with E-state index in [-0.39, 0.29) is 12.5 Å². The van der Waals surface area contributed by atoms with E-state index in [1.807, 2.05) is 0 Å². The van der Waals surface area contributed by atoms with Crippen molar-refractivity contribution in [1.29, 1.82) is 0 Å². The first-order chi connectivity index (χ1) is 30.1. The highest BCUT2D eigenvalue weighted by Crippen LogP contribution is 2.18. The molecule has 0 aliphatic carbocycles. The van der Waals surface area contributed by atoms with Crippen LogP contribution >= 0.6 is 0 Å². The fourth-order valence-corrected chi connectivity index (χ4v) is 9.05. The summed E-state index contributed by atoms with van der Waals surface area (Å²) in [6.07, 6.45) is 63.7. The minimum absolute atomic E-state index is 0.147. The number of rotatable bonds is 52. The highest BCUT2D eigenvalue weighted by Gasteiger charge is 2.26. The Kier molecular flexibility index (Phi) is 51.0. The molecule has 61 heavy (non-hydrogen) atoms. The van der Waals surface area contributed by atoms with Gasteiger partial charge in [-0.15, -0.1) is 0 Å². The number of hydrogen-bond donors (Lipinski definition) is 4. The summed E-state index contributed by atoms with van der Waals surface area (Å²) in [4.78, 5) is 12.5. The average molecular weight is 863 g/mol. The van der Waals surface area contributed by atoms with E-state index in [0.717, 1.165) is 38.5 Å². The van der Waals surface area contributed by atoms with Gasteiger partial charge < -0.3 is 20.6 Å². The maximum absolute atomic E-state index is 12.5. The number of carbonyl (C=O) groups excluding carboxylic acids is 1.